The van der Waals surface area contributed by atoms with Crippen molar-refractivity contribution in [2.24, 2.45) is 17.8 Å². The van der Waals surface area contributed by atoms with E-state index in [1.807, 2.05) is 27.7 Å². The van der Waals surface area contributed by atoms with Crippen molar-refractivity contribution in [3.8, 4) is 0 Å². The zero-order valence-corrected chi connectivity index (χ0v) is 22.8. The lowest BCUT2D eigenvalue weighted by atomic mass is 9.69. The van der Waals surface area contributed by atoms with Gasteiger partial charge in [-0.2, -0.15) is 0 Å². The number of carbonyl (C=O) groups excluding carboxylic acids is 3. The van der Waals surface area contributed by atoms with E-state index >= 15 is 0 Å². The highest BCUT2D eigenvalue weighted by atomic mass is 79.9. The molecule has 0 N–H and O–H groups in total. The van der Waals surface area contributed by atoms with Crippen LogP contribution in [0.5, 0.6) is 0 Å². The van der Waals surface area contributed by atoms with Crippen LogP contribution in [0.1, 0.15) is 66.7 Å². The van der Waals surface area contributed by atoms with E-state index in [1.54, 1.807) is 11.8 Å². The number of fused-ring (bicyclic) bond motifs is 1. The summed E-state index contributed by atoms with van der Waals surface area (Å²) >= 11 is 3.69. The molecule has 2 saturated heterocycles. The summed E-state index contributed by atoms with van der Waals surface area (Å²) in [5.74, 6) is 0.657. The molecule has 0 aromatic rings. The molecule has 1 aliphatic carbocycles. The van der Waals surface area contributed by atoms with Crippen molar-refractivity contribution < 1.29 is 28.6 Å². The van der Waals surface area contributed by atoms with E-state index in [2.05, 4.69) is 20.8 Å². The first kappa shape index (κ1) is 27.2. The zero-order valence-electron chi connectivity index (χ0n) is 21.3. The number of hydrogen-bond acceptors (Lipinski definition) is 7. The summed E-state index contributed by atoms with van der Waals surface area (Å²) in [5, 5.41) is 0. The average Bonchev–Trinajstić information content (AvgIpc) is 3.12. The Balaban J connectivity index is 1.67. The van der Waals surface area contributed by atoms with E-state index in [9.17, 15) is 14.4 Å². The van der Waals surface area contributed by atoms with Crippen molar-refractivity contribution in [1.29, 1.82) is 0 Å². The summed E-state index contributed by atoms with van der Waals surface area (Å²) in [5.41, 5.74) is -0.622. The number of esters is 2. The van der Waals surface area contributed by atoms with Crippen LogP contribution in [-0.4, -0.2) is 83.2 Å². The highest BCUT2D eigenvalue weighted by Crippen LogP contribution is 2.42. The summed E-state index contributed by atoms with van der Waals surface area (Å²) in [6.07, 6.45) is 3.96. The van der Waals surface area contributed by atoms with E-state index < -0.39 is 17.7 Å². The highest BCUT2D eigenvalue weighted by molar-refractivity contribution is 9.09. The molecule has 2 heterocycles. The van der Waals surface area contributed by atoms with Gasteiger partial charge in [0.25, 0.3) is 0 Å². The van der Waals surface area contributed by atoms with E-state index in [1.165, 1.54) is 0 Å². The molecule has 1 saturated carbocycles. The fourth-order valence-electron chi connectivity index (χ4n) is 5.76. The van der Waals surface area contributed by atoms with Crippen LogP contribution < -0.4 is 0 Å². The molecule has 3 rings (SSSR count). The summed E-state index contributed by atoms with van der Waals surface area (Å²) in [6, 6.07) is -0.802. The van der Waals surface area contributed by atoms with Gasteiger partial charge in [0.1, 0.15) is 17.7 Å². The molecule has 0 spiro atoms. The number of hydrogen-bond donors (Lipinski definition) is 0. The number of rotatable bonds is 6. The quantitative estimate of drug-likeness (QED) is 0.284. The van der Waals surface area contributed by atoms with Crippen LogP contribution in [0.15, 0.2) is 0 Å². The Morgan fingerprint density at radius 1 is 0.882 bits per heavy atom. The second kappa shape index (κ2) is 11.6. The topological polar surface area (TPSA) is 85.4 Å². The van der Waals surface area contributed by atoms with E-state index in [0.717, 1.165) is 38.8 Å². The molecule has 2 unspecified atom stereocenters. The van der Waals surface area contributed by atoms with Gasteiger partial charge in [0, 0.05) is 24.5 Å². The Labute approximate surface area is 212 Å². The van der Waals surface area contributed by atoms with Crippen LogP contribution in [0.3, 0.4) is 0 Å². The minimum atomic E-state index is -0.622. The smallest absolute Gasteiger partial charge is 0.411 e. The lowest BCUT2D eigenvalue weighted by Gasteiger charge is -2.47. The second-order valence-electron chi connectivity index (χ2n) is 10.9. The Morgan fingerprint density at radius 2 is 1.53 bits per heavy atom. The predicted molar refractivity (Wildman–Crippen MR) is 132 cm³/mol. The van der Waals surface area contributed by atoms with Crippen LogP contribution in [0, 0.1) is 17.8 Å². The Morgan fingerprint density at radius 3 is 2.15 bits per heavy atom. The molecule has 3 aliphatic rings. The third kappa shape index (κ3) is 6.86. The summed E-state index contributed by atoms with van der Waals surface area (Å²) in [7, 11) is 0. The number of piperidine rings is 1. The number of alkyl halides is 1. The summed E-state index contributed by atoms with van der Waals surface area (Å²) in [4.78, 5) is 42.3. The Bertz CT molecular complexity index is 741. The van der Waals surface area contributed by atoms with Crippen molar-refractivity contribution >= 4 is 34.0 Å². The number of amides is 1. The SMILES string of the molecule is CCOC(=O)C1CC2C[C@@H](CN3C[C@@H](Br)C[C@H]3C(=O)OCC)CC[C@H]2CN1C(=O)OC(C)(C)C. The number of carbonyl (C=O) groups is 3. The lowest BCUT2D eigenvalue weighted by Crippen LogP contribution is -2.56. The first-order chi connectivity index (χ1) is 16.0. The number of halogens is 1. The molecular weight excluding hydrogens is 504 g/mol. The van der Waals surface area contributed by atoms with Gasteiger partial charge in [0.2, 0.25) is 0 Å². The number of likely N-dealkylation sites (tertiary alicyclic amines) is 2. The third-order valence-corrected chi connectivity index (χ3v) is 7.84. The standard InChI is InChI=1S/C25H41BrN2O6/c1-6-32-22(29)20-12-19(26)15-27(20)13-16-8-9-17-14-28(24(31)34-25(3,4)5)21(11-18(17)10-16)23(30)33-7-2/h16-21H,6-15H2,1-5H3/t16-,17-,18?,19-,20-,21?/m0/s1. The van der Waals surface area contributed by atoms with E-state index in [4.69, 9.17) is 14.2 Å². The van der Waals surface area contributed by atoms with Gasteiger partial charge in [0.05, 0.1) is 13.2 Å². The summed E-state index contributed by atoms with van der Waals surface area (Å²) in [6.45, 7) is 12.0. The molecular formula is C25H41BrN2O6. The maximum atomic E-state index is 12.9. The van der Waals surface area contributed by atoms with Crippen LogP contribution >= 0.6 is 15.9 Å². The van der Waals surface area contributed by atoms with Gasteiger partial charge in [-0.05, 0) is 84.5 Å². The number of nitrogens with zero attached hydrogens (tertiary/aromatic N) is 2. The number of ether oxygens (including phenoxy) is 3. The summed E-state index contributed by atoms with van der Waals surface area (Å²) < 4.78 is 16.3. The maximum Gasteiger partial charge on any atom is 0.411 e. The van der Waals surface area contributed by atoms with Gasteiger partial charge in [-0.15, -0.1) is 0 Å². The van der Waals surface area contributed by atoms with Crippen molar-refractivity contribution in [1.82, 2.24) is 9.80 Å². The van der Waals surface area contributed by atoms with Gasteiger partial charge in [0.15, 0.2) is 0 Å². The van der Waals surface area contributed by atoms with Gasteiger partial charge >= 0.3 is 18.0 Å². The molecule has 194 valence electrons. The molecule has 8 nitrogen and oxygen atoms in total. The predicted octanol–water partition coefficient (Wildman–Crippen LogP) is 3.99. The molecule has 3 fully saturated rings. The Hall–Kier alpha value is -1.35. The lowest BCUT2D eigenvalue weighted by molar-refractivity contribution is -0.153. The monoisotopic (exact) mass is 544 g/mol. The van der Waals surface area contributed by atoms with Crippen molar-refractivity contribution in [3.05, 3.63) is 0 Å². The highest BCUT2D eigenvalue weighted by Gasteiger charge is 2.46. The molecule has 0 aromatic carbocycles. The van der Waals surface area contributed by atoms with E-state index in [0.29, 0.717) is 42.2 Å². The maximum absolute atomic E-state index is 12.9. The van der Waals surface area contributed by atoms with Crippen LogP contribution in [0.25, 0.3) is 0 Å². The third-order valence-electron chi connectivity index (χ3n) is 7.17. The van der Waals surface area contributed by atoms with Crippen LogP contribution in [-0.2, 0) is 23.8 Å². The normalized spacial score (nSPS) is 32.1. The zero-order chi connectivity index (χ0) is 25.0. The molecule has 0 aromatic heterocycles. The minimum Gasteiger partial charge on any atom is -0.465 e. The van der Waals surface area contributed by atoms with Gasteiger partial charge in [-0.1, -0.05) is 15.9 Å². The molecule has 0 radical (unpaired) electrons. The second-order valence-corrected chi connectivity index (χ2v) is 12.2. The van der Waals surface area contributed by atoms with Gasteiger partial charge in [-0.25, -0.2) is 9.59 Å². The molecule has 2 aliphatic heterocycles. The minimum absolute atomic E-state index is 0.133. The molecule has 1 amide bonds. The van der Waals surface area contributed by atoms with E-state index in [-0.39, 0.29) is 24.6 Å². The van der Waals surface area contributed by atoms with Crippen molar-refractivity contribution in [2.75, 3.05) is 32.8 Å². The van der Waals surface area contributed by atoms with Gasteiger partial charge < -0.3 is 14.2 Å². The van der Waals surface area contributed by atoms with Crippen molar-refractivity contribution in [2.45, 2.75) is 89.2 Å². The molecule has 9 heteroatoms. The Kier molecular flexibility index (Phi) is 9.29. The fraction of sp³-hybridized carbons (Fsp3) is 0.880. The first-order valence-electron chi connectivity index (χ1n) is 12.7. The largest absolute Gasteiger partial charge is 0.465 e. The fourth-order valence-corrected chi connectivity index (χ4v) is 6.49. The molecule has 0 bridgehead atoms. The first-order valence-corrected chi connectivity index (χ1v) is 13.6. The van der Waals surface area contributed by atoms with Crippen molar-refractivity contribution in [3.63, 3.8) is 0 Å². The van der Waals surface area contributed by atoms with Crippen LogP contribution in [0.2, 0.25) is 0 Å². The molecule has 34 heavy (non-hydrogen) atoms. The van der Waals surface area contributed by atoms with Crippen LogP contribution in [0.4, 0.5) is 4.79 Å². The molecule has 6 atom stereocenters. The van der Waals surface area contributed by atoms with Gasteiger partial charge in [-0.3, -0.25) is 14.6 Å². The average molecular weight is 546 g/mol.